The molecular weight excluding hydrogens is 406 g/mol. The Balaban J connectivity index is 1.47. The molecule has 0 radical (unpaired) electrons. The van der Waals surface area contributed by atoms with E-state index in [4.69, 9.17) is 9.57 Å². The van der Waals surface area contributed by atoms with E-state index in [9.17, 15) is 9.59 Å². The number of hydrogen-bond donors (Lipinski definition) is 2. The molecule has 178 valence electrons. The Morgan fingerprint density at radius 3 is 2.47 bits per heavy atom. The third-order valence-corrected chi connectivity index (χ3v) is 8.95. The molecule has 7 nitrogen and oxygen atoms in total. The Morgan fingerprint density at radius 1 is 1.03 bits per heavy atom. The summed E-state index contributed by atoms with van der Waals surface area (Å²) in [5.74, 6) is 1.88. The van der Waals surface area contributed by atoms with Crippen LogP contribution in [-0.2, 0) is 9.57 Å². The van der Waals surface area contributed by atoms with Crippen LogP contribution in [0.15, 0.2) is 16.8 Å². The van der Waals surface area contributed by atoms with Gasteiger partial charge in [0, 0.05) is 24.9 Å². The highest BCUT2D eigenvalue weighted by Crippen LogP contribution is 2.64. The molecule has 0 bridgehead atoms. The first-order chi connectivity index (χ1) is 15.3. The third kappa shape index (κ3) is 4.03. The lowest BCUT2D eigenvalue weighted by atomic mass is 9.48. The number of fused-ring (bicyclic) bond motifs is 5. The van der Waals surface area contributed by atoms with E-state index in [0.29, 0.717) is 30.8 Å². The maximum atomic E-state index is 11.9. The normalized spacial score (nSPS) is 39.2. The number of hydrogen-bond acceptors (Lipinski definition) is 5. The van der Waals surface area contributed by atoms with Crippen molar-refractivity contribution in [3.05, 3.63) is 11.6 Å². The lowest BCUT2D eigenvalue weighted by Crippen LogP contribution is -2.50. The van der Waals surface area contributed by atoms with Gasteiger partial charge in [-0.1, -0.05) is 30.7 Å². The molecule has 0 spiro atoms. The molecule has 2 N–H and O–H groups in total. The topological polar surface area (TPSA) is 89.0 Å². The second-order valence-corrected chi connectivity index (χ2v) is 10.5. The van der Waals surface area contributed by atoms with Gasteiger partial charge in [-0.25, -0.2) is 9.59 Å². The molecular formula is C25H39N3O4. The number of amides is 2. The van der Waals surface area contributed by atoms with E-state index in [1.807, 2.05) is 13.8 Å². The van der Waals surface area contributed by atoms with Crippen LogP contribution in [0, 0.1) is 28.6 Å². The first kappa shape index (κ1) is 23.1. The van der Waals surface area contributed by atoms with Crippen LogP contribution in [0.5, 0.6) is 0 Å². The van der Waals surface area contributed by atoms with Gasteiger partial charge in [0.25, 0.3) is 0 Å². The molecule has 0 aromatic rings. The van der Waals surface area contributed by atoms with E-state index in [1.165, 1.54) is 12.0 Å². The van der Waals surface area contributed by atoms with Crippen molar-refractivity contribution in [1.29, 1.82) is 0 Å². The molecule has 6 atom stereocenters. The van der Waals surface area contributed by atoms with Crippen molar-refractivity contribution in [3.8, 4) is 0 Å². The van der Waals surface area contributed by atoms with Gasteiger partial charge in [-0.3, -0.25) is 4.84 Å². The molecule has 0 heterocycles. The second kappa shape index (κ2) is 9.06. The van der Waals surface area contributed by atoms with Crippen molar-refractivity contribution >= 4 is 17.9 Å². The lowest BCUT2D eigenvalue weighted by molar-refractivity contribution is -0.0239. The maximum Gasteiger partial charge on any atom is 0.433 e. The average Bonchev–Trinajstić information content (AvgIpc) is 3.09. The molecule has 0 aromatic heterocycles. The van der Waals surface area contributed by atoms with Crippen LogP contribution in [-0.4, -0.2) is 37.1 Å². The zero-order valence-corrected chi connectivity index (χ0v) is 20.0. The number of nitrogens with one attached hydrogen (secondary N) is 2. The Hall–Kier alpha value is -2.05. The summed E-state index contributed by atoms with van der Waals surface area (Å²) in [7, 11) is 0. The number of ether oxygens (including phenoxy) is 1. The van der Waals surface area contributed by atoms with Gasteiger partial charge in [-0.15, -0.1) is 0 Å². The molecule has 2 unspecified atom stereocenters. The van der Waals surface area contributed by atoms with Gasteiger partial charge < -0.3 is 15.4 Å². The first-order valence-electron chi connectivity index (χ1n) is 12.5. The van der Waals surface area contributed by atoms with Crippen LogP contribution in [0.3, 0.4) is 0 Å². The average molecular weight is 446 g/mol. The van der Waals surface area contributed by atoms with Gasteiger partial charge in [0.1, 0.15) is 6.10 Å². The van der Waals surface area contributed by atoms with Gasteiger partial charge in [0.15, 0.2) is 0 Å². The number of alkyl carbamates (subject to hydrolysis) is 1. The van der Waals surface area contributed by atoms with Crippen molar-refractivity contribution in [2.24, 2.45) is 33.7 Å². The Morgan fingerprint density at radius 2 is 1.72 bits per heavy atom. The van der Waals surface area contributed by atoms with Gasteiger partial charge in [0.05, 0.1) is 5.71 Å². The molecule has 0 saturated heterocycles. The van der Waals surface area contributed by atoms with E-state index < -0.39 is 6.09 Å². The summed E-state index contributed by atoms with van der Waals surface area (Å²) in [5.41, 5.74) is 2.77. The number of nitrogens with zero attached hydrogens (tertiary/aromatic N) is 1. The maximum absolute atomic E-state index is 11.9. The fourth-order valence-electron chi connectivity index (χ4n) is 7.28. The summed E-state index contributed by atoms with van der Waals surface area (Å²) in [6.07, 6.45) is 9.96. The Bertz CT molecular complexity index is 809. The van der Waals surface area contributed by atoms with Gasteiger partial charge >= 0.3 is 12.2 Å². The minimum Gasteiger partial charge on any atom is -0.446 e. The summed E-state index contributed by atoms with van der Waals surface area (Å²) in [4.78, 5) is 28.8. The van der Waals surface area contributed by atoms with Crippen LogP contribution in [0.4, 0.5) is 9.59 Å². The standard InChI is InChI=1S/C25H39N3O4/c1-5-26-22(29)31-17-11-13-24(3)16(15-17)7-8-18-19-9-10-21(28-32-23(30)27-6-2)25(19,4)14-12-20(18)24/h7,17-20H,5-6,8-15H2,1-4H3,(H,26,29)(H,27,30)/b28-21+/t17-,18-,19?,20?,24-,25-/m0/s1. The minimum atomic E-state index is -0.468. The van der Waals surface area contributed by atoms with Gasteiger partial charge in [-0.05, 0) is 82.0 Å². The molecule has 3 fully saturated rings. The monoisotopic (exact) mass is 445 g/mol. The van der Waals surface area contributed by atoms with Crippen molar-refractivity contribution in [2.75, 3.05) is 13.1 Å². The predicted octanol–water partition coefficient (Wildman–Crippen LogP) is 5.17. The minimum absolute atomic E-state index is 0.0112. The van der Waals surface area contributed by atoms with Crippen LogP contribution >= 0.6 is 0 Å². The fraction of sp³-hybridized carbons (Fsp3) is 0.800. The first-order valence-corrected chi connectivity index (χ1v) is 12.5. The Labute approximate surface area is 191 Å². The van der Waals surface area contributed by atoms with E-state index in [0.717, 1.165) is 50.7 Å². The molecule has 32 heavy (non-hydrogen) atoms. The highest BCUT2D eigenvalue weighted by atomic mass is 16.7. The molecule has 7 heteroatoms. The van der Waals surface area contributed by atoms with Crippen LogP contribution in [0.25, 0.3) is 0 Å². The number of oxime groups is 1. The van der Waals surface area contributed by atoms with E-state index in [1.54, 1.807) is 0 Å². The van der Waals surface area contributed by atoms with Crippen LogP contribution < -0.4 is 10.6 Å². The zero-order valence-electron chi connectivity index (χ0n) is 20.0. The van der Waals surface area contributed by atoms with E-state index >= 15 is 0 Å². The lowest BCUT2D eigenvalue weighted by Gasteiger charge is -2.57. The summed E-state index contributed by atoms with van der Waals surface area (Å²) in [5, 5.41) is 9.72. The fourth-order valence-corrected chi connectivity index (χ4v) is 7.28. The van der Waals surface area contributed by atoms with Crippen LogP contribution in [0.1, 0.15) is 79.1 Å². The van der Waals surface area contributed by atoms with E-state index in [2.05, 4.69) is 35.7 Å². The highest BCUT2D eigenvalue weighted by Gasteiger charge is 2.58. The van der Waals surface area contributed by atoms with Crippen molar-refractivity contribution in [3.63, 3.8) is 0 Å². The molecule has 4 rings (SSSR count). The van der Waals surface area contributed by atoms with Crippen LogP contribution in [0.2, 0.25) is 0 Å². The van der Waals surface area contributed by atoms with Gasteiger partial charge in [0.2, 0.25) is 0 Å². The molecule has 0 aliphatic heterocycles. The molecule has 2 amide bonds. The number of carbonyl (C=O) groups excluding carboxylic acids is 2. The largest absolute Gasteiger partial charge is 0.446 e. The summed E-state index contributed by atoms with van der Waals surface area (Å²) in [6.45, 7) is 9.69. The van der Waals surface area contributed by atoms with Gasteiger partial charge in [-0.2, -0.15) is 0 Å². The van der Waals surface area contributed by atoms with Crippen molar-refractivity contribution in [2.45, 2.75) is 85.2 Å². The molecule has 4 aliphatic rings. The third-order valence-electron chi connectivity index (χ3n) is 8.95. The zero-order chi connectivity index (χ0) is 22.9. The summed E-state index contributed by atoms with van der Waals surface area (Å²) >= 11 is 0. The second-order valence-electron chi connectivity index (χ2n) is 10.5. The van der Waals surface area contributed by atoms with E-state index in [-0.39, 0.29) is 23.0 Å². The molecule has 3 saturated carbocycles. The smallest absolute Gasteiger partial charge is 0.433 e. The summed E-state index contributed by atoms with van der Waals surface area (Å²) in [6, 6.07) is 0. The SMILES string of the molecule is CCNC(=O)O/N=C1\CCC2[C@@H]3CC=C4C[C@@H](OC(=O)NCC)CC[C@]4(C)C3CC[C@]12C. The molecule has 0 aromatic carbocycles. The van der Waals surface area contributed by atoms with Crippen molar-refractivity contribution in [1.82, 2.24) is 10.6 Å². The number of carbonyl (C=O) groups is 2. The summed E-state index contributed by atoms with van der Waals surface area (Å²) < 4.78 is 5.67. The molecule has 4 aliphatic carbocycles. The predicted molar refractivity (Wildman–Crippen MR) is 123 cm³/mol. The number of allylic oxidation sites excluding steroid dienone is 1. The Kier molecular flexibility index (Phi) is 6.55. The quantitative estimate of drug-likeness (QED) is 0.355. The van der Waals surface area contributed by atoms with Crippen molar-refractivity contribution < 1.29 is 19.2 Å². The number of rotatable bonds is 4. The highest BCUT2D eigenvalue weighted by molar-refractivity contribution is 5.92.